The molecular formula is C19H27N7O. The third-order valence-corrected chi connectivity index (χ3v) is 5.84. The lowest BCUT2D eigenvalue weighted by atomic mass is 9.98. The van der Waals surface area contributed by atoms with E-state index in [1.54, 1.807) is 10.9 Å². The lowest BCUT2D eigenvalue weighted by molar-refractivity contribution is 0.141. The van der Waals surface area contributed by atoms with Crippen molar-refractivity contribution in [2.24, 2.45) is 7.05 Å². The Bertz CT molecular complexity index is 833. The van der Waals surface area contributed by atoms with Crippen LogP contribution in [0.4, 0.5) is 4.79 Å². The number of hydrogen-bond acceptors (Lipinski definition) is 5. The van der Waals surface area contributed by atoms with E-state index >= 15 is 0 Å². The summed E-state index contributed by atoms with van der Waals surface area (Å²) < 4.78 is 1.75. The maximum absolute atomic E-state index is 12.8. The molecule has 2 aliphatic rings. The van der Waals surface area contributed by atoms with Gasteiger partial charge in [-0.05, 0) is 45.0 Å². The first-order valence-electron chi connectivity index (χ1n) is 9.61. The van der Waals surface area contributed by atoms with Gasteiger partial charge >= 0.3 is 6.03 Å². The van der Waals surface area contributed by atoms with Crippen molar-refractivity contribution in [2.75, 3.05) is 20.1 Å². The van der Waals surface area contributed by atoms with E-state index in [2.05, 4.69) is 39.5 Å². The van der Waals surface area contributed by atoms with Gasteiger partial charge in [0, 0.05) is 50.4 Å². The molecule has 1 N–H and O–H groups in total. The maximum Gasteiger partial charge on any atom is 0.317 e. The van der Waals surface area contributed by atoms with Crippen LogP contribution in [0.15, 0.2) is 18.5 Å². The fourth-order valence-electron chi connectivity index (χ4n) is 3.95. The van der Waals surface area contributed by atoms with E-state index in [4.69, 9.17) is 0 Å². The molecule has 2 amide bonds. The number of carbonyl (C=O) groups is 1. The van der Waals surface area contributed by atoms with Gasteiger partial charge in [-0.1, -0.05) is 0 Å². The number of nitrogens with one attached hydrogen (secondary N) is 1. The van der Waals surface area contributed by atoms with Crippen molar-refractivity contribution < 1.29 is 4.79 Å². The monoisotopic (exact) mass is 369 g/mol. The maximum atomic E-state index is 12.8. The van der Waals surface area contributed by atoms with Gasteiger partial charge in [0.25, 0.3) is 0 Å². The summed E-state index contributed by atoms with van der Waals surface area (Å²) in [7, 11) is 4.00. The largest absolute Gasteiger partial charge is 0.334 e. The number of piperidine rings is 1. The molecule has 1 saturated heterocycles. The summed E-state index contributed by atoms with van der Waals surface area (Å²) in [6, 6.07) is 2.63. The molecule has 27 heavy (non-hydrogen) atoms. The fraction of sp³-hybridized carbons (Fsp3) is 0.579. The molecule has 2 aromatic rings. The average Bonchev–Trinajstić information content (AvgIpc) is 3.11. The number of aromatic nitrogens is 4. The molecule has 2 atom stereocenters. The van der Waals surface area contributed by atoms with Crippen molar-refractivity contribution in [3.05, 3.63) is 29.7 Å². The molecule has 0 radical (unpaired) electrons. The summed E-state index contributed by atoms with van der Waals surface area (Å²) >= 11 is 0. The van der Waals surface area contributed by atoms with Gasteiger partial charge in [0.15, 0.2) is 0 Å². The summed E-state index contributed by atoms with van der Waals surface area (Å²) in [5.41, 5.74) is 3.79. The predicted molar refractivity (Wildman–Crippen MR) is 102 cm³/mol. The molecule has 4 rings (SSSR count). The van der Waals surface area contributed by atoms with Crippen LogP contribution in [-0.2, 0) is 20.0 Å². The van der Waals surface area contributed by atoms with Crippen LogP contribution in [0.1, 0.15) is 31.0 Å². The molecule has 8 nitrogen and oxygen atoms in total. The number of carbonyl (C=O) groups excluding carboxylic acids is 1. The summed E-state index contributed by atoms with van der Waals surface area (Å²) in [4.78, 5) is 17.0. The van der Waals surface area contributed by atoms with Gasteiger partial charge in [0.05, 0.1) is 17.6 Å². The third-order valence-electron chi connectivity index (χ3n) is 5.84. The van der Waals surface area contributed by atoms with Crippen LogP contribution >= 0.6 is 0 Å². The van der Waals surface area contributed by atoms with Crippen LogP contribution in [0.25, 0.3) is 11.3 Å². The van der Waals surface area contributed by atoms with Crippen molar-refractivity contribution in [2.45, 2.75) is 44.8 Å². The number of urea groups is 1. The zero-order valence-corrected chi connectivity index (χ0v) is 16.2. The van der Waals surface area contributed by atoms with Crippen molar-refractivity contribution in [3.63, 3.8) is 0 Å². The van der Waals surface area contributed by atoms with E-state index in [0.717, 1.165) is 48.3 Å². The minimum Gasteiger partial charge on any atom is -0.334 e. The topological polar surface area (TPSA) is 79.2 Å². The molecule has 0 aromatic carbocycles. The lowest BCUT2D eigenvalue weighted by Crippen LogP contribution is -2.55. The number of rotatable bonds is 2. The highest BCUT2D eigenvalue weighted by Crippen LogP contribution is 2.23. The Hall–Kier alpha value is -2.48. The first-order chi connectivity index (χ1) is 13.0. The first-order valence-corrected chi connectivity index (χ1v) is 9.61. The normalized spacial score (nSPS) is 23.1. The average molecular weight is 369 g/mol. The highest BCUT2D eigenvalue weighted by Gasteiger charge is 2.29. The quantitative estimate of drug-likeness (QED) is 0.866. The van der Waals surface area contributed by atoms with Gasteiger partial charge in [0.2, 0.25) is 0 Å². The van der Waals surface area contributed by atoms with Crippen LogP contribution < -0.4 is 5.32 Å². The van der Waals surface area contributed by atoms with Crippen molar-refractivity contribution in [3.8, 4) is 11.3 Å². The summed E-state index contributed by atoms with van der Waals surface area (Å²) in [5, 5.41) is 16.2. The molecule has 0 spiro atoms. The van der Waals surface area contributed by atoms with Crippen LogP contribution in [-0.4, -0.2) is 68.0 Å². The minimum absolute atomic E-state index is 0.0209. The zero-order valence-electron chi connectivity index (χ0n) is 16.2. The molecular weight excluding hydrogens is 342 g/mol. The number of likely N-dealkylation sites (N-methyl/N-ethyl adjacent to an activating group) is 1. The SMILES string of the molecule is CC1C(NC(=O)N2CCc3nnc(-c4cnn(C)c4)cc3C2)CCCN1C. The van der Waals surface area contributed by atoms with E-state index in [9.17, 15) is 4.79 Å². The van der Waals surface area contributed by atoms with E-state index in [-0.39, 0.29) is 12.1 Å². The van der Waals surface area contributed by atoms with Crippen LogP contribution in [0.2, 0.25) is 0 Å². The summed E-state index contributed by atoms with van der Waals surface area (Å²) in [6.45, 7) is 4.53. The van der Waals surface area contributed by atoms with E-state index < -0.39 is 0 Å². The van der Waals surface area contributed by atoms with E-state index in [1.807, 2.05) is 24.2 Å². The number of aryl methyl sites for hydroxylation is 1. The number of nitrogens with zero attached hydrogens (tertiary/aromatic N) is 6. The molecule has 2 aromatic heterocycles. The zero-order chi connectivity index (χ0) is 19.0. The lowest BCUT2D eigenvalue weighted by Gasteiger charge is -2.38. The van der Waals surface area contributed by atoms with Gasteiger partial charge < -0.3 is 15.1 Å². The van der Waals surface area contributed by atoms with E-state index in [1.165, 1.54) is 0 Å². The van der Waals surface area contributed by atoms with Gasteiger partial charge in [0.1, 0.15) is 0 Å². The molecule has 144 valence electrons. The molecule has 2 aliphatic heterocycles. The first kappa shape index (κ1) is 17.9. The predicted octanol–water partition coefficient (Wildman–Crippen LogP) is 1.43. The molecule has 0 aliphatic carbocycles. The highest BCUT2D eigenvalue weighted by molar-refractivity contribution is 5.75. The van der Waals surface area contributed by atoms with Crippen molar-refractivity contribution >= 4 is 6.03 Å². The second-order valence-electron chi connectivity index (χ2n) is 7.70. The van der Waals surface area contributed by atoms with Crippen molar-refractivity contribution in [1.29, 1.82) is 0 Å². The van der Waals surface area contributed by atoms with Crippen molar-refractivity contribution in [1.82, 2.24) is 35.1 Å². The van der Waals surface area contributed by atoms with E-state index in [0.29, 0.717) is 19.1 Å². The summed E-state index contributed by atoms with van der Waals surface area (Å²) in [5.74, 6) is 0. The van der Waals surface area contributed by atoms with Crippen LogP contribution in [0.3, 0.4) is 0 Å². The van der Waals surface area contributed by atoms with Crippen LogP contribution in [0.5, 0.6) is 0 Å². The highest BCUT2D eigenvalue weighted by atomic mass is 16.2. The number of fused-ring (bicyclic) bond motifs is 1. The van der Waals surface area contributed by atoms with Gasteiger partial charge in [-0.2, -0.15) is 15.3 Å². The Morgan fingerprint density at radius 3 is 2.89 bits per heavy atom. The Morgan fingerprint density at radius 1 is 1.26 bits per heavy atom. The molecule has 8 heteroatoms. The standard InChI is InChI=1S/C19H27N7O/c1-13-16(5-4-7-24(13)2)21-19(27)26-8-6-17-14(12-26)9-18(23-22-17)15-10-20-25(3)11-15/h9-11,13,16H,4-8,12H2,1-3H3,(H,21,27). The number of hydrogen-bond donors (Lipinski definition) is 1. The smallest absolute Gasteiger partial charge is 0.317 e. The second-order valence-corrected chi connectivity index (χ2v) is 7.70. The Kier molecular flexibility index (Phi) is 4.82. The summed E-state index contributed by atoms with van der Waals surface area (Å²) in [6.07, 6.45) is 6.61. The van der Waals surface area contributed by atoms with Gasteiger partial charge in [-0.3, -0.25) is 4.68 Å². The third kappa shape index (κ3) is 3.66. The number of likely N-dealkylation sites (tertiary alicyclic amines) is 1. The second kappa shape index (κ2) is 7.26. The van der Waals surface area contributed by atoms with Gasteiger partial charge in [-0.25, -0.2) is 4.79 Å². The Balaban J connectivity index is 1.46. The molecule has 2 unspecified atom stereocenters. The van der Waals surface area contributed by atoms with Crippen LogP contribution in [0, 0.1) is 0 Å². The molecule has 0 bridgehead atoms. The number of amides is 2. The fourth-order valence-corrected chi connectivity index (χ4v) is 3.95. The molecule has 0 saturated carbocycles. The van der Waals surface area contributed by atoms with Gasteiger partial charge in [-0.15, -0.1) is 0 Å². The molecule has 4 heterocycles. The minimum atomic E-state index is 0.0209. The molecule has 1 fully saturated rings. The Labute approximate surface area is 159 Å². The Morgan fingerprint density at radius 2 is 2.11 bits per heavy atom.